The van der Waals surface area contributed by atoms with Gasteiger partial charge in [-0.1, -0.05) is 34.1 Å². The first-order valence-corrected chi connectivity index (χ1v) is 7.32. The molecule has 0 aliphatic heterocycles. The number of rotatable bonds is 4. The van der Waals surface area contributed by atoms with Crippen LogP contribution in [0.25, 0.3) is 0 Å². The fourth-order valence-electron chi connectivity index (χ4n) is 3.40. The Morgan fingerprint density at radius 2 is 2.00 bits per heavy atom. The maximum Gasteiger partial charge on any atom is 0.219 e. The molecule has 1 saturated carbocycles. The lowest BCUT2D eigenvalue weighted by Gasteiger charge is -2.34. The highest BCUT2D eigenvalue weighted by Crippen LogP contribution is 2.40. The van der Waals surface area contributed by atoms with Gasteiger partial charge in [-0.2, -0.15) is 0 Å². The van der Waals surface area contributed by atoms with Gasteiger partial charge in [0.2, 0.25) is 5.91 Å². The van der Waals surface area contributed by atoms with Crippen molar-refractivity contribution in [3.8, 4) is 0 Å². The Morgan fingerprint density at radius 3 is 2.50 bits per heavy atom. The summed E-state index contributed by atoms with van der Waals surface area (Å²) in [6.07, 6.45) is 6.31. The van der Waals surface area contributed by atoms with E-state index in [4.69, 9.17) is 5.73 Å². The first kappa shape index (κ1) is 15.5. The summed E-state index contributed by atoms with van der Waals surface area (Å²) in [7, 11) is 0. The molecule has 2 atom stereocenters. The van der Waals surface area contributed by atoms with E-state index in [2.05, 4.69) is 33.0 Å². The molecule has 0 aromatic rings. The molecule has 3 nitrogen and oxygen atoms in total. The van der Waals surface area contributed by atoms with Crippen molar-refractivity contribution >= 4 is 5.91 Å². The lowest BCUT2D eigenvalue weighted by Crippen LogP contribution is -2.47. The molecule has 1 aliphatic carbocycles. The molecule has 0 radical (unpaired) electrons. The van der Waals surface area contributed by atoms with Gasteiger partial charge in [0, 0.05) is 12.0 Å². The maximum atomic E-state index is 11.3. The van der Waals surface area contributed by atoms with Gasteiger partial charge in [-0.25, -0.2) is 0 Å². The summed E-state index contributed by atoms with van der Waals surface area (Å²) in [4.78, 5) is 11.3. The molecule has 0 bridgehead atoms. The molecule has 3 N–H and O–H groups in total. The topological polar surface area (TPSA) is 55.1 Å². The lowest BCUT2D eigenvalue weighted by atomic mass is 9.76. The standard InChI is InChI=1S/C15H30N2O/c1-5-17-15(11-13(16)18)9-6-7-12(8-10-15)14(2,3)4/h12,17H,5-11H2,1-4H3,(H2,16,18). The Balaban J connectivity index is 2.74. The molecular weight excluding hydrogens is 224 g/mol. The van der Waals surface area contributed by atoms with Crippen LogP contribution in [0.4, 0.5) is 0 Å². The molecular formula is C15H30N2O. The van der Waals surface area contributed by atoms with Crippen LogP contribution in [0.1, 0.15) is 66.2 Å². The number of carbonyl (C=O) groups excluding carboxylic acids is 1. The molecule has 1 aliphatic rings. The van der Waals surface area contributed by atoms with Crippen LogP contribution in [0.2, 0.25) is 0 Å². The summed E-state index contributed by atoms with van der Waals surface area (Å²) in [5.41, 5.74) is 5.76. The molecule has 0 aromatic carbocycles. The quantitative estimate of drug-likeness (QED) is 0.758. The van der Waals surface area contributed by atoms with E-state index in [9.17, 15) is 4.79 Å². The van der Waals surface area contributed by atoms with Gasteiger partial charge in [-0.05, 0) is 43.6 Å². The molecule has 1 rings (SSSR count). The van der Waals surface area contributed by atoms with E-state index >= 15 is 0 Å². The van der Waals surface area contributed by atoms with E-state index in [1.54, 1.807) is 0 Å². The average Bonchev–Trinajstić information content (AvgIpc) is 2.39. The first-order chi connectivity index (χ1) is 8.29. The van der Waals surface area contributed by atoms with Crippen molar-refractivity contribution in [2.24, 2.45) is 17.1 Å². The second-order valence-electron chi connectivity index (χ2n) is 6.95. The number of primary amides is 1. The smallest absolute Gasteiger partial charge is 0.219 e. The fourth-order valence-corrected chi connectivity index (χ4v) is 3.40. The van der Waals surface area contributed by atoms with Crippen LogP contribution < -0.4 is 11.1 Å². The molecule has 3 heteroatoms. The van der Waals surface area contributed by atoms with E-state index in [0.717, 1.165) is 25.3 Å². The number of amides is 1. The molecule has 0 saturated heterocycles. The summed E-state index contributed by atoms with van der Waals surface area (Å²) in [5.74, 6) is 0.580. The van der Waals surface area contributed by atoms with Gasteiger partial charge >= 0.3 is 0 Å². The zero-order chi connectivity index (χ0) is 13.8. The fraction of sp³-hybridized carbons (Fsp3) is 0.933. The van der Waals surface area contributed by atoms with E-state index in [-0.39, 0.29) is 11.4 Å². The number of nitrogens with two attached hydrogens (primary N) is 1. The van der Waals surface area contributed by atoms with Crippen LogP contribution >= 0.6 is 0 Å². The highest BCUT2D eigenvalue weighted by atomic mass is 16.1. The van der Waals surface area contributed by atoms with E-state index in [1.165, 1.54) is 19.3 Å². The second-order valence-corrected chi connectivity index (χ2v) is 6.95. The van der Waals surface area contributed by atoms with Crippen molar-refractivity contribution in [3.63, 3.8) is 0 Å². The van der Waals surface area contributed by atoms with Gasteiger partial charge in [0.25, 0.3) is 0 Å². The molecule has 18 heavy (non-hydrogen) atoms. The minimum Gasteiger partial charge on any atom is -0.370 e. The zero-order valence-electron chi connectivity index (χ0n) is 12.5. The molecule has 1 fully saturated rings. The molecule has 1 amide bonds. The number of hydrogen-bond donors (Lipinski definition) is 2. The molecule has 106 valence electrons. The third kappa shape index (κ3) is 4.27. The summed E-state index contributed by atoms with van der Waals surface area (Å²) in [6, 6.07) is 0. The Labute approximate surface area is 112 Å². The predicted octanol–water partition coefficient (Wildman–Crippen LogP) is 2.84. The van der Waals surface area contributed by atoms with Crippen molar-refractivity contribution in [2.45, 2.75) is 71.8 Å². The lowest BCUT2D eigenvalue weighted by molar-refractivity contribution is -0.119. The Morgan fingerprint density at radius 1 is 1.33 bits per heavy atom. The summed E-state index contributed by atoms with van der Waals surface area (Å²) >= 11 is 0. The van der Waals surface area contributed by atoms with Crippen LogP contribution in [0.3, 0.4) is 0 Å². The molecule has 0 heterocycles. The van der Waals surface area contributed by atoms with Crippen LogP contribution in [0.15, 0.2) is 0 Å². The van der Waals surface area contributed by atoms with Gasteiger partial charge in [0.15, 0.2) is 0 Å². The van der Waals surface area contributed by atoms with Crippen LogP contribution in [-0.2, 0) is 4.79 Å². The third-order valence-corrected chi connectivity index (χ3v) is 4.47. The highest BCUT2D eigenvalue weighted by molar-refractivity contribution is 5.75. The van der Waals surface area contributed by atoms with E-state index in [0.29, 0.717) is 11.8 Å². The van der Waals surface area contributed by atoms with Gasteiger partial charge in [0.05, 0.1) is 0 Å². The van der Waals surface area contributed by atoms with E-state index < -0.39 is 0 Å². The van der Waals surface area contributed by atoms with Crippen molar-refractivity contribution in [3.05, 3.63) is 0 Å². The average molecular weight is 254 g/mol. The van der Waals surface area contributed by atoms with Crippen LogP contribution in [0, 0.1) is 11.3 Å². The summed E-state index contributed by atoms with van der Waals surface area (Å²) < 4.78 is 0. The minimum absolute atomic E-state index is 0.0411. The summed E-state index contributed by atoms with van der Waals surface area (Å²) in [5, 5.41) is 3.54. The Hall–Kier alpha value is -0.570. The normalized spacial score (nSPS) is 29.9. The van der Waals surface area contributed by atoms with Gasteiger partial charge in [0.1, 0.15) is 0 Å². The second kappa shape index (κ2) is 6.05. The Kier molecular flexibility index (Phi) is 5.20. The Bertz CT molecular complexity index is 283. The number of hydrogen-bond acceptors (Lipinski definition) is 2. The van der Waals surface area contributed by atoms with Gasteiger partial charge < -0.3 is 11.1 Å². The van der Waals surface area contributed by atoms with Crippen LogP contribution in [0.5, 0.6) is 0 Å². The maximum absolute atomic E-state index is 11.3. The monoisotopic (exact) mass is 254 g/mol. The molecule has 0 aromatic heterocycles. The van der Waals surface area contributed by atoms with Crippen molar-refractivity contribution in [1.82, 2.24) is 5.32 Å². The van der Waals surface area contributed by atoms with Crippen molar-refractivity contribution in [1.29, 1.82) is 0 Å². The largest absolute Gasteiger partial charge is 0.370 e. The van der Waals surface area contributed by atoms with Gasteiger partial charge in [-0.3, -0.25) is 4.79 Å². The van der Waals surface area contributed by atoms with Crippen LogP contribution in [-0.4, -0.2) is 18.0 Å². The molecule has 2 unspecified atom stereocenters. The predicted molar refractivity (Wildman–Crippen MR) is 76.2 cm³/mol. The van der Waals surface area contributed by atoms with Gasteiger partial charge in [-0.15, -0.1) is 0 Å². The number of nitrogens with one attached hydrogen (secondary N) is 1. The highest BCUT2D eigenvalue weighted by Gasteiger charge is 2.36. The molecule has 0 spiro atoms. The zero-order valence-corrected chi connectivity index (χ0v) is 12.5. The first-order valence-electron chi connectivity index (χ1n) is 7.32. The third-order valence-electron chi connectivity index (χ3n) is 4.47. The van der Waals surface area contributed by atoms with Crippen molar-refractivity contribution < 1.29 is 4.79 Å². The SMILES string of the molecule is CCNC1(CC(N)=O)CCCC(C(C)(C)C)CC1. The number of carbonyl (C=O) groups is 1. The van der Waals surface area contributed by atoms with E-state index in [1.807, 2.05) is 0 Å². The van der Waals surface area contributed by atoms with Crippen molar-refractivity contribution in [2.75, 3.05) is 6.54 Å². The minimum atomic E-state index is -0.176. The summed E-state index contributed by atoms with van der Waals surface area (Å²) in [6.45, 7) is 9.99.